The van der Waals surface area contributed by atoms with Gasteiger partial charge in [0, 0.05) is 23.9 Å². The molecule has 5 rings (SSSR count). The number of thioether (sulfide) groups is 1. The van der Waals surface area contributed by atoms with E-state index >= 15 is 0 Å². The number of hydrogen-bond donors (Lipinski definition) is 2. The van der Waals surface area contributed by atoms with Gasteiger partial charge in [-0.1, -0.05) is 42.5 Å². The van der Waals surface area contributed by atoms with Gasteiger partial charge in [-0.3, -0.25) is 14.3 Å². The summed E-state index contributed by atoms with van der Waals surface area (Å²) >= 11 is 1.58. The smallest absolute Gasteiger partial charge is 0.262 e. The monoisotopic (exact) mass is 617 g/mol. The number of nitrogens with zero attached hydrogens (tertiary/aromatic N) is 1. The predicted octanol–water partition coefficient (Wildman–Crippen LogP) is 5.57. The number of benzene rings is 4. The van der Waals surface area contributed by atoms with Crippen molar-refractivity contribution < 1.29 is 27.5 Å². The summed E-state index contributed by atoms with van der Waals surface area (Å²) in [6, 6.07) is 27.9. The largest absolute Gasteiger partial charge is 0.497 e. The average Bonchev–Trinajstić information content (AvgIpc) is 3.40. The number of rotatable bonds is 11. The summed E-state index contributed by atoms with van der Waals surface area (Å²) in [5, 5.41) is 2.70. The molecule has 0 radical (unpaired) electrons. The summed E-state index contributed by atoms with van der Waals surface area (Å²) < 4.78 is 39.0. The summed E-state index contributed by atoms with van der Waals surface area (Å²) in [5.74, 6) is 1.02. The van der Waals surface area contributed by atoms with Crippen LogP contribution in [-0.4, -0.2) is 51.6 Å². The number of nitrogens with one attached hydrogen (secondary N) is 2. The predicted molar refractivity (Wildman–Crippen MR) is 168 cm³/mol. The van der Waals surface area contributed by atoms with Crippen molar-refractivity contribution in [2.75, 3.05) is 36.6 Å². The molecule has 11 heteroatoms. The number of ether oxygens (including phenoxy) is 2. The molecule has 0 bridgehead atoms. The number of hydrogen-bond acceptors (Lipinski definition) is 7. The van der Waals surface area contributed by atoms with Crippen molar-refractivity contribution >= 4 is 45.0 Å². The standard InChI is InChI=1S/C32H31N3O6S2/c1-40-26-14-17-29(41-2)28(20-26)34-43(38,39)27-15-12-25(13-16-27)33-31(37)23-8-10-24(11-9-23)32-35(30(36)21-42-32)19-18-22-6-4-3-5-7-22/h3-17,20,32,34H,18-19,21H2,1-2H3,(H,33,37)/t32-/m1/s1. The van der Waals surface area contributed by atoms with Crippen molar-refractivity contribution in [3.63, 3.8) is 0 Å². The van der Waals surface area contributed by atoms with Gasteiger partial charge < -0.3 is 19.7 Å². The van der Waals surface area contributed by atoms with Crippen molar-refractivity contribution in [1.82, 2.24) is 4.90 Å². The Bertz CT molecular complexity index is 1700. The van der Waals surface area contributed by atoms with Crippen LogP contribution in [0.4, 0.5) is 11.4 Å². The number of carbonyl (C=O) groups excluding carboxylic acids is 2. The lowest BCUT2D eigenvalue weighted by atomic mass is 10.1. The van der Waals surface area contributed by atoms with Gasteiger partial charge in [-0.15, -0.1) is 11.8 Å². The second kappa shape index (κ2) is 13.2. The lowest BCUT2D eigenvalue weighted by Gasteiger charge is -2.24. The molecule has 1 heterocycles. The van der Waals surface area contributed by atoms with E-state index < -0.39 is 10.0 Å². The maximum Gasteiger partial charge on any atom is 0.262 e. The average molecular weight is 618 g/mol. The van der Waals surface area contributed by atoms with Crippen LogP contribution in [0.2, 0.25) is 0 Å². The normalized spacial score (nSPS) is 14.8. The Kier molecular flexibility index (Phi) is 9.22. The van der Waals surface area contributed by atoms with Crippen molar-refractivity contribution in [2.24, 2.45) is 0 Å². The highest BCUT2D eigenvalue weighted by Gasteiger charge is 2.32. The third-order valence-corrected chi connectivity index (χ3v) is 9.62. The van der Waals surface area contributed by atoms with Gasteiger partial charge in [-0.25, -0.2) is 8.42 Å². The van der Waals surface area contributed by atoms with Gasteiger partial charge in [-0.05, 0) is 66.1 Å². The quantitative estimate of drug-likeness (QED) is 0.226. The summed E-state index contributed by atoms with van der Waals surface area (Å²) in [6.45, 7) is 0.622. The minimum atomic E-state index is -3.94. The van der Waals surface area contributed by atoms with Crippen LogP contribution in [0.1, 0.15) is 26.9 Å². The molecule has 0 saturated carbocycles. The fourth-order valence-corrected chi connectivity index (χ4v) is 6.96. The third-order valence-electron chi connectivity index (χ3n) is 6.98. The molecule has 4 aromatic rings. The first-order valence-electron chi connectivity index (χ1n) is 13.5. The highest BCUT2D eigenvalue weighted by molar-refractivity contribution is 8.00. The fraction of sp³-hybridized carbons (Fsp3) is 0.188. The number of amides is 2. The maximum atomic E-state index is 13.0. The van der Waals surface area contributed by atoms with Crippen LogP contribution in [0.15, 0.2) is 102 Å². The van der Waals surface area contributed by atoms with E-state index in [0.717, 1.165) is 12.0 Å². The molecule has 1 aliphatic heterocycles. The molecule has 1 saturated heterocycles. The van der Waals surface area contributed by atoms with Crippen LogP contribution in [0.25, 0.3) is 0 Å². The second-order valence-electron chi connectivity index (χ2n) is 9.76. The second-order valence-corrected chi connectivity index (χ2v) is 12.5. The van der Waals surface area contributed by atoms with Crippen LogP contribution in [0.3, 0.4) is 0 Å². The van der Waals surface area contributed by atoms with Crippen LogP contribution in [0.5, 0.6) is 11.5 Å². The highest BCUT2D eigenvalue weighted by Crippen LogP contribution is 2.38. The molecule has 222 valence electrons. The minimum absolute atomic E-state index is 0.0140. The SMILES string of the molecule is COc1ccc(OC)c(NS(=O)(=O)c2ccc(NC(=O)c3ccc([C@H]4SCC(=O)N4CCc4ccccc4)cc3)cc2)c1. The van der Waals surface area contributed by atoms with Crippen LogP contribution >= 0.6 is 11.8 Å². The lowest BCUT2D eigenvalue weighted by molar-refractivity contribution is -0.128. The van der Waals surface area contributed by atoms with E-state index in [4.69, 9.17) is 9.47 Å². The molecule has 1 atom stereocenters. The van der Waals surface area contributed by atoms with Gasteiger partial charge in [0.15, 0.2) is 0 Å². The maximum absolute atomic E-state index is 13.0. The molecule has 1 fully saturated rings. The van der Waals surface area contributed by atoms with E-state index in [9.17, 15) is 18.0 Å². The molecular formula is C32H31N3O6S2. The Hall–Kier alpha value is -4.48. The van der Waals surface area contributed by atoms with Crippen LogP contribution in [0, 0.1) is 0 Å². The molecule has 0 aromatic heterocycles. The zero-order valence-corrected chi connectivity index (χ0v) is 25.3. The van der Waals surface area contributed by atoms with Crippen molar-refractivity contribution in [2.45, 2.75) is 16.7 Å². The first-order valence-corrected chi connectivity index (χ1v) is 16.0. The Morgan fingerprint density at radius 3 is 2.33 bits per heavy atom. The third kappa shape index (κ3) is 7.12. The zero-order valence-electron chi connectivity index (χ0n) is 23.6. The summed E-state index contributed by atoms with van der Waals surface area (Å²) in [6.07, 6.45) is 0.773. The van der Waals surface area contributed by atoms with Gasteiger partial charge in [0.1, 0.15) is 16.9 Å². The Morgan fingerprint density at radius 1 is 0.930 bits per heavy atom. The summed E-state index contributed by atoms with van der Waals surface area (Å²) in [5.41, 5.74) is 3.25. The van der Waals surface area contributed by atoms with Crippen LogP contribution in [-0.2, 0) is 21.2 Å². The highest BCUT2D eigenvalue weighted by atomic mass is 32.2. The van der Waals surface area contributed by atoms with E-state index in [1.54, 1.807) is 36.0 Å². The minimum Gasteiger partial charge on any atom is -0.497 e. The van der Waals surface area contributed by atoms with Gasteiger partial charge in [0.2, 0.25) is 5.91 Å². The van der Waals surface area contributed by atoms with E-state index in [1.165, 1.54) is 50.1 Å². The molecule has 2 amide bonds. The first-order chi connectivity index (χ1) is 20.8. The van der Waals surface area contributed by atoms with Crippen molar-refractivity contribution in [3.05, 3.63) is 114 Å². The molecule has 1 aliphatic rings. The summed E-state index contributed by atoms with van der Waals surface area (Å²) in [4.78, 5) is 27.4. The van der Waals surface area contributed by atoms with Gasteiger partial charge >= 0.3 is 0 Å². The topological polar surface area (TPSA) is 114 Å². The number of sulfonamides is 1. The molecule has 2 N–H and O–H groups in total. The zero-order chi connectivity index (χ0) is 30.4. The van der Waals surface area contributed by atoms with E-state index in [0.29, 0.717) is 35.0 Å². The Labute approximate surface area is 255 Å². The van der Waals surface area contributed by atoms with Crippen LogP contribution < -0.4 is 19.5 Å². The fourth-order valence-electron chi connectivity index (χ4n) is 4.68. The van der Waals surface area contributed by atoms with Crippen molar-refractivity contribution in [3.8, 4) is 11.5 Å². The first kappa shape index (κ1) is 30.0. The van der Waals surface area contributed by atoms with Gasteiger partial charge in [0.05, 0.1) is 30.6 Å². The van der Waals surface area contributed by atoms with E-state index in [1.807, 2.05) is 35.2 Å². The van der Waals surface area contributed by atoms with E-state index in [2.05, 4.69) is 22.2 Å². The molecule has 0 spiro atoms. The molecule has 0 unspecified atom stereocenters. The molecule has 43 heavy (non-hydrogen) atoms. The summed E-state index contributed by atoms with van der Waals surface area (Å²) in [7, 11) is -1.01. The number of methoxy groups -OCH3 is 2. The molecular weight excluding hydrogens is 587 g/mol. The number of carbonyl (C=O) groups is 2. The molecule has 9 nitrogen and oxygen atoms in total. The number of anilines is 2. The van der Waals surface area contributed by atoms with Gasteiger partial charge in [-0.2, -0.15) is 0 Å². The lowest BCUT2D eigenvalue weighted by Crippen LogP contribution is -2.30. The Morgan fingerprint density at radius 2 is 1.65 bits per heavy atom. The van der Waals surface area contributed by atoms with Crippen molar-refractivity contribution in [1.29, 1.82) is 0 Å². The van der Waals surface area contributed by atoms with E-state index in [-0.39, 0.29) is 27.8 Å². The Balaban J connectivity index is 1.22. The molecule has 0 aliphatic carbocycles. The van der Waals surface area contributed by atoms with Gasteiger partial charge in [0.25, 0.3) is 15.9 Å². The molecule has 4 aromatic carbocycles.